The first kappa shape index (κ1) is 19.4. The number of aryl methyl sites for hydroxylation is 1. The van der Waals surface area contributed by atoms with E-state index in [1.54, 1.807) is 6.92 Å². The molecule has 0 aliphatic heterocycles. The Bertz CT molecular complexity index is 1160. The summed E-state index contributed by atoms with van der Waals surface area (Å²) in [4.78, 5) is -0.0963. The average Bonchev–Trinajstić information content (AvgIpc) is 3.00. The number of hydrogen-bond donors (Lipinski definition) is 1. The normalized spacial score (nSPS) is 11.8. The van der Waals surface area contributed by atoms with Crippen molar-refractivity contribution in [1.29, 1.82) is 5.26 Å². The summed E-state index contributed by atoms with van der Waals surface area (Å²) in [5, 5.41) is 12.9. The zero-order chi connectivity index (χ0) is 20.5. The van der Waals surface area contributed by atoms with Crippen molar-refractivity contribution >= 4 is 15.8 Å². The number of aromatic nitrogens is 2. The summed E-state index contributed by atoms with van der Waals surface area (Å²) in [6.07, 6.45) is -4.54. The highest BCUT2D eigenvalue weighted by molar-refractivity contribution is 7.92. The minimum absolute atomic E-state index is 0.0128. The van der Waals surface area contributed by atoms with E-state index >= 15 is 0 Å². The number of anilines is 1. The maximum atomic E-state index is 13.0. The molecule has 0 radical (unpaired) electrons. The lowest BCUT2D eigenvalue weighted by molar-refractivity contribution is -0.137. The summed E-state index contributed by atoms with van der Waals surface area (Å²) in [6.45, 7) is 1.59. The molecule has 3 rings (SSSR count). The quantitative estimate of drug-likeness (QED) is 0.712. The number of halogens is 3. The van der Waals surface area contributed by atoms with Gasteiger partial charge in [0, 0.05) is 6.07 Å². The summed E-state index contributed by atoms with van der Waals surface area (Å²) < 4.78 is 67.6. The molecular formula is C18H13F3N4O2S. The zero-order valence-electron chi connectivity index (χ0n) is 14.4. The van der Waals surface area contributed by atoms with Crippen molar-refractivity contribution < 1.29 is 21.6 Å². The Balaban J connectivity index is 2.00. The van der Waals surface area contributed by atoms with Crippen LogP contribution >= 0.6 is 0 Å². The largest absolute Gasteiger partial charge is 0.416 e. The number of benzene rings is 2. The molecule has 6 nitrogen and oxygen atoms in total. The third-order valence-electron chi connectivity index (χ3n) is 3.78. The van der Waals surface area contributed by atoms with Gasteiger partial charge in [-0.05, 0) is 49.4 Å². The van der Waals surface area contributed by atoms with Crippen LogP contribution < -0.4 is 4.72 Å². The molecule has 0 aliphatic rings. The predicted molar refractivity (Wildman–Crippen MR) is 95.3 cm³/mol. The van der Waals surface area contributed by atoms with Crippen molar-refractivity contribution in [1.82, 2.24) is 9.78 Å². The van der Waals surface area contributed by atoms with Crippen LogP contribution in [0.15, 0.2) is 59.5 Å². The lowest BCUT2D eigenvalue weighted by Crippen LogP contribution is -2.16. The molecule has 0 atom stereocenters. The smallest absolute Gasteiger partial charge is 0.263 e. The maximum absolute atomic E-state index is 13.0. The first-order valence-electron chi connectivity index (χ1n) is 7.87. The van der Waals surface area contributed by atoms with Gasteiger partial charge in [-0.1, -0.05) is 6.07 Å². The lowest BCUT2D eigenvalue weighted by atomic mass is 10.2. The van der Waals surface area contributed by atoms with Gasteiger partial charge >= 0.3 is 6.18 Å². The molecule has 10 heteroatoms. The minimum atomic E-state index is -4.54. The molecule has 0 spiro atoms. The van der Waals surface area contributed by atoms with Crippen LogP contribution in [0.5, 0.6) is 0 Å². The monoisotopic (exact) mass is 406 g/mol. The first-order valence-corrected chi connectivity index (χ1v) is 9.36. The first-order chi connectivity index (χ1) is 13.1. The Labute approximate surface area is 158 Å². The molecule has 2 aromatic carbocycles. The van der Waals surface area contributed by atoms with Crippen molar-refractivity contribution in [2.45, 2.75) is 18.0 Å². The van der Waals surface area contributed by atoms with E-state index in [9.17, 15) is 21.6 Å². The van der Waals surface area contributed by atoms with E-state index in [0.29, 0.717) is 11.3 Å². The van der Waals surface area contributed by atoms with Gasteiger partial charge in [0.05, 0.1) is 33.5 Å². The summed E-state index contributed by atoms with van der Waals surface area (Å²) >= 11 is 0. The van der Waals surface area contributed by atoms with Crippen LogP contribution in [-0.2, 0) is 16.2 Å². The molecule has 0 saturated carbocycles. The van der Waals surface area contributed by atoms with Crippen molar-refractivity contribution in [3.05, 3.63) is 71.4 Å². The standard InChI is InChI=1S/C18H13F3N4O2S/c1-12-9-17(24-28(26,27)16-7-5-13(11-22)6-8-16)25(23-12)15-4-2-3-14(10-15)18(19,20)21/h2-10,24H,1H3. The molecule has 1 aromatic heterocycles. The van der Waals surface area contributed by atoms with Crippen molar-refractivity contribution in [2.24, 2.45) is 0 Å². The Kier molecular flexibility index (Phi) is 4.87. The Morgan fingerprint density at radius 3 is 2.39 bits per heavy atom. The summed E-state index contributed by atoms with van der Waals surface area (Å²) in [5.41, 5.74) is -0.113. The predicted octanol–water partition coefficient (Wildman–Crippen LogP) is 3.87. The van der Waals surface area contributed by atoms with Crippen LogP contribution in [0.1, 0.15) is 16.8 Å². The number of nitrogens with zero attached hydrogens (tertiary/aromatic N) is 3. The SMILES string of the molecule is Cc1cc(NS(=O)(=O)c2ccc(C#N)cc2)n(-c2cccc(C(F)(F)F)c2)n1. The number of nitrogens with one attached hydrogen (secondary N) is 1. The fraction of sp³-hybridized carbons (Fsp3) is 0.111. The highest BCUT2D eigenvalue weighted by atomic mass is 32.2. The van der Waals surface area contributed by atoms with Crippen LogP contribution in [0.4, 0.5) is 19.0 Å². The molecule has 1 N–H and O–H groups in total. The van der Waals surface area contributed by atoms with Gasteiger partial charge in [0.25, 0.3) is 10.0 Å². The van der Waals surface area contributed by atoms with Gasteiger partial charge in [-0.3, -0.25) is 4.72 Å². The van der Waals surface area contributed by atoms with Gasteiger partial charge in [0.1, 0.15) is 5.82 Å². The van der Waals surface area contributed by atoms with E-state index in [-0.39, 0.29) is 16.4 Å². The number of nitriles is 1. The van der Waals surface area contributed by atoms with Crippen LogP contribution in [0.2, 0.25) is 0 Å². The Morgan fingerprint density at radius 1 is 1.11 bits per heavy atom. The van der Waals surface area contributed by atoms with E-state index in [2.05, 4.69) is 9.82 Å². The summed E-state index contributed by atoms with van der Waals surface area (Å²) in [7, 11) is -4.04. The molecule has 144 valence electrons. The zero-order valence-corrected chi connectivity index (χ0v) is 15.2. The second kappa shape index (κ2) is 7.01. The molecule has 0 unspecified atom stereocenters. The van der Waals surface area contributed by atoms with E-state index in [1.807, 2.05) is 6.07 Å². The topological polar surface area (TPSA) is 87.8 Å². The van der Waals surface area contributed by atoms with Gasteiger partial charge < -0.3 is 0 Å². The Morgan fingerprint density at radius 2 is 1.79 bits per heavy atom. The van der Waals surface area contributed by atoms with Crippen molar-refractivity contribution in [2.75, 3.05) is 4.72 Å². The third kappa shape index (κ3) is 3.99. The molecule has 0 aliphatic carbocycles. The van der Waals surface area contributed by atoms with Crippen molar-refractivity contribution in [3.8, 4) is 11.8 Å². The highest BCUT2D eigenvalue weighted by Gasteiger charge is 2.31. The fourth-order valence-corrected chi connectivity index (χ4v) is 3.52. The van der Waals surface area contributed by atoms with Crippen molar-refractivity contribution in [3.63, 3.8) is 0 Å². The van der Waals surface area contributed by atoms with Crippen LogP contribution in [0.25, 0.3) is 5.69 Å². The molecular weight excluding hydrogens is 393 g/mol. The molecule has 0 amide bonds. The number of rotatable bonds is 4. The fourth-order valence-electron chi connectivity index (χ4n) is 2.49. The van der Waals surface area contributed by atoms with E-state index in [1.165, 1.54) is 42.5 Å². The average molecular weight is 406 g/mol. The summed E-state index contributed by atoms with van der Waals surface area (Å²) in [5.74, 6) is -0.0128. The van der Waals surface area contributed by atoms with Crippen LogP contribution in [0.3, 0.4) is 0 Å². The molecule has 3 aromatic rings. The van der Waals surface area contributed by atoms with Gasteiger partial charge in [-0.25, -0.2) is 13.1 Å². The third-order valence-corrected chi connectivity index (χ3v) is 5.15. The molecule has 28 heavy (non-hydrogen) atoms. The minimum Gasteiger partial charge on any atom is -0.263 e. The number of hydrogen-bond acceptors (Lipinski definition) is 4. The van der Waals surface area contributed by atoms with Gasteiger partial charge in [-0.15, -0.1) is 0 Å². The van der Waals surface area contributed by atoms with Crippen LogP contribution in [-0.4, -0.2) is 18.2 Å². The number of sulfonamides is 1. The van der Waals surface area contributed by atoms with Gasteiger partial charge in [-0.2, -0.15) is 23.5 Å². The maximum Gasteiger partial charge on any atom is 0.416 e. The number of alkyl halides is 3. The second-order valence-corrected chi connectivity index (χ2v) is 7.55. The lowest BCUT2D eigenvalue weighted by Gasteiger charge is -2.12. The highest BCUT2D eigenvalue weighted by Crippen LogP contribution is 2.31. The second-order valence-electron chi connectivity index (χ2n) is 5.87. The van der Waals surface area contributed by atoms with E-state index in [4.69, 9.17) is 5.26 Å². The molecule has 0 saturated heterocycles. The van der Waals surface area contributed by atoms with Gasteiger partial charge in [0.2, 0.25) is 0 Å². The van der Waals surface area contributed by atoms with E-state index in [0.717, 1.165) is 16.8 Å². The molecule has 1 heterocycles. The van der Waals surface area contributed by atoms with Crippen LogP contribution in [0, 0.1) is 18.3 Å². The van der Waals surface area contributed by atoms with Gasteiger partial charge in [0.15, 0.2) is 0 Å². The molecule has 0 fully saturated rings. The van der Waals surface area contributed by atoms with E-state index < -0.39 is 21.8 Å². The molecule has 0 bridgehead atoms. The summed E-state index contributed by atoms with van der Waals surface area (Å²) in [6, 6.07) is 12.9. The Hall–Kier alpha value is -3.32.